The second-order valence-corrected chi connectivity index (χ2v) is 15.3. The van der Waals surface area contributed by atoms with Crippen molar-refractivity contribution >= 4 is 39.1 Å². The highest BCUT2D eigenvalue weighted by Crippen LogP contribution is 3.02. The van der Waals surface area contributed by atoms with E-state index >= 15 is 0 Å². The molecule has 6 rings (SSSR count). The van der Waals surface area contributed by atoms with Crippen molar-refractivity contribution in [2.45, 2.75) is 82.6 Å². The Kier molecular flexibility index (Phi) is 8.96. The van der Waals surface area contributed by atoms with Crippen LogP contribution >= 0.6 is 10.2 Å². The summed E-state index contributed by atoms with van der Waals surface area (Å²) in [5.41, 5.74) is 1.39. The Morgan fingerprint density at radius 1 is 1.02 bits per heavy atom. The van der Waals surface area contributed by atoms with Crippen LogP contribution < -0.4 is 10.9 Å². The summed E-state index contributed by atoms with van der Waals surface area (Å²) in [5, 5.41) is 17.4. The molecule has 1 aliphatic carbocycles. The number of hydrogen-bond donors (Lipinski definition) is 2. The van der Waals surface area contributed by atoms with Crippen molar-refractivity contribution in [3.63, 3.8) is 0 Å². The number of amides is 2. The second-order valence-electron chi connectivity index (χ2n) is 12.8. The van der Waals surface area contributed by atoms with Gasteiger partial charge in [0.05, 0.1) is 5.69 Å². The van der Waals surface area contributed by atoms with Gasteiger partial charge in [0, 0.05) is 30.0 Å². The normalized spacial score (nSPS) is 17.4. The zero-order chi connectivity index (χ0) is 36.8. The number of nitrogens with zero attached hydrogens (tertiary/aromatic N) is 7. The fraction of sp³-hybridized carbons (Fsp3) is 0.424. The predicted molar refractivity (Wildman–Crippen MR) is 180 cm³/mol. The quantitative estimate of drug-likeness (QED) is 0.185. The van der Waals surface area contributed by atoms with E-state index in [1.165, 1.54) is 10.8 Å². The molecular weight excluding hydrogens is 699 g/mol. The van der Waals surface area contributed by atoms with Gasteiger partial charge in [-0.05, 0) is 87.6 Å². The largest absolute Gasteiger partial charge is 0.504 e. The minimum absolute atomic E-state index is 0.106. The van der Waals surface area contributed by atoms with Gasteiger partial charge in [-0.3, -0.25) is 14.4 Å². The lowest BCUT2D eigenvalue weighted by Crippen LogP contribution is -2.40. The van der Waals surface area contributed by atoms with Crippen molar-refractivity contribution in [3.05, 3.63) is 75.5 Å². The maximum atomic E-state index is 14.2. The topological polar surface area (TPSA) is 148 Å². The number of benzene rings is 1. The maximum absolute atomic E-state index is 14.2. The molecule has 0 radical (unpaired) electrons. The zero-order valence-electron chi connectivity index (χ0n) is 27.9. The number of allylic oxidation sites excluding steroid dienone is 2. The molecular formula is C33H37F5N8O4S. The van der Waals surface area contributed by atoms with Crippen LogP contribution in [-0.4, -0.2) is 64.0 Å². The number of likely N-dealkylation sites (tertiary alicyclic amines) is 1. The summed E-state index contributed by atoms with van der Waals surface area (Å²) in [7, 11) is -9.90. The van der Waals surface area contributed by atoms with Gasteiger partial charge < -0.3 is 19.9 Å². The summed E-state index contributed by atoms with van der Waals surface area (Å²) in [6.45, 7) is 3.45. The third-order valence-electron chi connectivity index (χ3n) is 9.34. The van der Waals surface area contributed by atoms with Gasteiger partial charge in [0.2, 0.25) is 11.7 Å². The van der Waals surface area contributed by atoms with Crippen LogP contribution in [-0.2, 0) is 17.8 Å². The first-order valence-corrected chi connectivity index (χ1v) is 18.6. The highest BCUT2D eigenvalue weighted by atomic mass is 32.5. The molecule has 51 heavy (non-hydrogen) atoms. The van der Waals surface area contributed by atoms with Crippen molar-refractivity contribution in [2.24, 2.45) is 0 Å². The number of nitrogens with one attached hydrogen (secondary N) is 1. The molecule has 0 bridgehead atoms. The molecule has 0 atom stereocenters. The minimum Gasteiger partial charge on any atom is -0.504 e. The number of carbonyl (C=O) groups is 2. The maximum Gasteiger partial charge on any atom is 0.310 e. The number of hydrogen-bond acceptors (Lipinski definition) is 8. The fourth-order valence-electron chi connectivity index (χ4n) is 6.71. The number of rotatable bonds is 8. The van der Waals surface area contributed by atoms with Gasteiger partial charge in [0.15, 0.2) is 17.3 Å². The van der Waals surface area contributed by atoms with Crippen LogP contribution in [0.3, 0.4) is 0 Å². The van der Waals surface area contributed by atoms with Crippen LogP contribution in [0.2, 0.25) is 0 Å². The van der Waals surface area contributed by atoms with E-state index in [4.69, 9.17) is 4.98 Å². The molecule has 0 saturated carbocycles. The van der Waals surface area contributed by atoms with Gasteiger partial charge in [-0.25, -0.2) is 9.97 Å². The predicted octanol–water partition coefficient (Wildman–Crippen LogP) is 6.92. The third-order valence-corrected chi connectivity index (χ3v) is 10.5. The van der Waals surface area contributed by atoms with E-state index < -0.39 is 39.0 Å². The molecule has 2 aliphatic rings. The molecule has 1 aromatic carbocycles. The first-order chi connectivity index (χ1) is 23.9. The Balaban J connectivity index is 1.34. The van der Waals surface area contributed by atoms with Gasteiger partial charge in [-0.1, -0.05) is 38.8 Å². The summed E-state index contributed by atoms with van der Waals surface area (Å²) < 4.78 is 68.9. The van der Waals surface area contributed by atoms with Crippen LogP contribution in [0.5, 0.6) is 5.75 Å². The number of carbonyl (C=O) groups excluding carboxylic acids is 2. The number of aromatic hydroxyl groups is 1. The highest BCUT2D eigenvalue weighted by molar-refractivity contribution is 8.45. The first-order valence-electron chi connectivity index (χ1n) is 16.6. The summed E-state index contributed by atoms with van der Waals surface area (Å²) in [6, 6.07) is 1.95. The molecule has 1 saturated heterocycles. The Hall–Kier alpha value is -4.87. The number of aryl methyl sites for hydroxylation is 1. The van der Waals surface area contributed by atoms with Crippen molar-refractivity contribution in [1.29, 1.82) is 0 Å². The molecule has 12 nitrogen and oxygen atoms in total. The lowest BCUT2D eigenvalue weighted by Gasteiger charge is -2.40. The van der Waals surface area contributed by atoms with E-state index in [0.29, 0.717) is 42.8 Å². The summed E-state index contributed by atoms with van der Waals surface area (Å²) >= 11 is 0. The van der Waals surface area contributed by atoms with E-state index in [1.54, 1.807) is 16.4 Å². The average molecular weight is 737 g/mol. The molecule has 2 N–H and O–H groups in total. The van der Waals surface area contributed by atoms with Gasteiger partial charge in [-0.2, -0.15) is 9.50 Å². The zero-order valence-corrected chi connectivity index (χ0v) is 28.7. The Bertz CT molecular complexity index is 2110. The smallest absolute Gasteiger partial charge is 0.310 e. The van der Waals surface area contributed by atoms with E-state index in [0.717, 1.165) is 43.4 Å². The molecule has 0 unspecified atom stereocenters. The molecule has 3 aromatic heterocycles. The number of halogens is 5. The average Bonchev–Trinajstić information content (AvgIpc) is 3.34. The van der Waals surface area contributed by atoms with E-state index in [1.807, 2.05) is 13.0 Å². The Morgan fingerprint density at radius 3 is 2.39 bits per heavy atom. The summed E-state index contributed by atoms with van der Waals surface area (Å²) in [6.07, 6.45) is 8.80. The van der Waals surface area contributed by atoms with Crippen molar-refractivity contribution < 1.29 is 34.1 Å². The molecule has 0 spiro atoms. The minimum atomic E-state index is -9.90. The number of aromatic nitrogens is 6. The second kappa shape index (κ2) is 12.7. The Morgan fingerprint density at radius 2 is 1.73 bits per heavy atom. The van der Waals surface area contributed by atoms with Crippen LogP contribution in [0, 0.1) is 6.92 Å². The standard InChI is InChI=1S/C33H37F5N8O4S/c1-3-25-27(21-14-16-44(17-15-21)32(50)28-29(48)20(2)39-19-40-28)31(49)46-33(42-30(43-46)22-8-6-4-5-7-9-22)45(25)18-26(47)41-23-10-12-24(13-11-23)51(34,35,36,37)38/h8,10-13,19,21,48H,3-7,9,14-18H2,1-2H3,(H,41,47). The van der Waals surface area contributed by atoms with Gasteiger partial charge >= 0.3 is 10.2 Å². The molecule has 4 aromatic rings. The molecule has 4 heterocycles. The van der Waals surface area contributed by atoms with E-state index in [2.05, 4.69) is 20.4 Å². The van der Waals surface area contributed by atoms with E-state index in [-0.39, 0.29) is 59.7 Å². The van der Waals surface area contributed by atoms with Crippen LogP contribution in [0.1, 0.15) is 91.1 Å². The van der Waals surface area contributed by atoms with Gasteiger partial charge in [-0.15, -0.1) is 5.10 Å². The Labute approximate surface area is 289 Å². The summed E-state index contributed by atoms with van der Waals surface area (Å²) in [5.74, 6) is -1.35. The van der Waals surface area contributed by atoms with Crippen molar-refractivity contribution in [3.8, 4) is 5.75 Å². The summed E-state index contributed by atoms with van der Waals surface area (Å²) in [4.78, 5) is 52.9. The first kappa shape index (κ1) is 35.9. The van der Waals surface area contributed by atoms with Crippen molar-refractivity contribution in [1.82, 2.24) is 34.0 Å². The third kappa shape index (κ3) is 7.45. The number of piperidine rings is 1. The SMILES string of the molecule is CCc1c(C2CCN(C(=O)c3ncnc(C)c3O)CC2)c(=O)n2nc(C3=CCCCCC3)nc2n1CC(=O)Nc1ccc(S(F)(F)(F)(F)F)cc1. The molecule has 274 valence electrons. The van der Waals surface area contributed by atoms with Crippen LogP contribution in [0.15, 0.2) is 46.4 Å². The highest BCUT2D eigenvalue weighted by Gasteiger charge is 2.65. The number of fused-ring (bicyclic) bond motifs is 1. The monoisotopic (exact) mass is 736 g/mol. The number of anilines is 1. The molecule has 1 aliphatic heterocycles. The molecule has 18 heteroatoms. The van der Waals surface area contributed by atoms with E-state index in [9.17, 15) is 38.9 Å². The van der Waals surface area contributed by atoms with Gasteiger partial charge in [0.1, 0.15) is 17.8 Å². The fourth-order valence-corrected chi connectivity index (χ4v) is 7.36. The van der Waals surface area contributed by atoms with Crippen molar-refractivity contribution in [2.75, 3.05) is 18.4 Å². The van der Waals surface area contributed by atoms with Gasteiger partial charge in [0.25, 0.3) is 11.5 Å². The van der Waals surface area contributed by atoms with Crippen LogP contribution in [0.4, 0.5) is 25.1 Å². The van der Waals surface area contributed by atoms with Crippen LogP contribution in [0.25, 0.3) is 11.4 Å². The molecule has 2 amide bonds. The molecule has 1 fully saturated rings. The lowest BCUT2D eigenvalue weighted by atomic mass is 9.88. The lowest BCUT2D eigenvalue weighted by molar-refractivity contribution is -0.116.